The molecule has 29 heteroatoms. The van der Waals surface area contributed by atoms with E-state index in [1.165, 1.54) is 77.9 Å². The molecule has 82 heavy (non-hydrogen) atoms. The summed E-state index contributed by atoms with van der Waals surface area (Å²) in [5, 5.41) is 52.4. The Kier molecular flexibility index (Phi) is 37.9. The third-order valence-corrected chi connectivity index (χ3v) is 13.0. The van der Waals surface area contributed by atoms with Crippen LogP contribution in [-0.4, -0.2) is 179 Å². The number of imidazole rings is 1. The summed E-state index contributed by atoms with van der Waals surface area (Å²) in [6.45, 7) is 4.67. The SMILES string of the molecule is CCCCCCCCCCCCCCCC(=O)N[C@@H](CO)C(=O)NCC(=O)N[C@@H](CCCN=C(N)N)C(=O)N[C@@H](CCCN=C(N)N)C(=O)N[C@@H](CC(C)C)C(=O)N[C@@H](Cc1cnc[nH]1)C(=O)N[C@@H](CO)C(=O)N[C@H](C(=O)NC)[C@@H](C)O. The van der Waals surface area contributed by atoms with E-state index in [1.807, 2.05) is 0 Å². The summed E-state index contributed by atoms with van der Waals surface area (Å²) in [6, 6.07) is -10.0. The molecule has 1 rings (SSSR count). The van der Waals surface area contributed by atoms with Crippen LogP contribution in [0.5, 0.6) is 0 Å². The molecule has 1 heterocycles. The van der Waals surface area contributed by atoms with Gasteiger partial charge in [-0.15, -0.1) is 0 Å². The van der Waals surface area contributed by atoms with Crippen molar-refractivity contribution in [2.24, 2.45) is 38.8 Å². The summed E-state index contributed by atoms with van der Waals surface area (Å²) in [6.07, 6.45) is 16.1. The van der Waals surface area contributed by atoms with Gasteiger partial charge in [0.25, 0.3) is 0 Å². The minimum atomic E-state index is -1.66. The molecule has 1 aromatic rings. The normalized spacial score (nSPS) is 14.0. The van der Waals surface area contributed by atoms with Gasteiger partial charge in [-0.2, -0.15) is 0 Å². The van der Waals surface area contributed by atoms with Gasteiger partial charge in [0, 0.05) is 44.9 Å². The number of carbonyl (C=O) groups is 9. The van der Waals surface area contributed by atoms with Gasteiger partial charge in [-0.25, -0.2) is 4.98 Å². The second-order valence-electron chi connectivity index (χ2n) is 20.7. The van der Waals surface area contributed by atoms with E-state index < -0.39 is 121 Å². The van der Waals surface area contributed by atoms with Crippen molar-refractivity contribution in [3.05, 3.63) is 18.2 Å². The number of aromatic amines is 1. The molecule has 29 nitrogen and oxygen atoms in total. The number of hydrogen-bond acceptors (Lipinski definition) is 15. The Morgan fingerprint density at radius 2 is 0.988 bits per heavy atom. The van der Waals surface area contributed by atoms with Crippen LogP contribution in [0.15, 0.2) is 22.5 Å². The summed E-state index contributed by atoms with van der Waals surface area (Å²) in [5.74, 6) is -8.18. The predicted molar refractivity (Wildman–Crippen MR) is 308 cm³/mol. The lowest BCUT2D eigenvalue weighted by atomic mass is 10.0. The number of hydrogen-bond donors (Lipinski definition) is 17. The fourth-order valence-electron chi connectivity index (χ4n) is 8.47. The van der Waals surface area contributed by atoms with E-state index in [1.54, 1.807) is 13.8 Å². The second-order valence-corrected chi connectivity index (χ2v) is 20.7. The molecule has 0 aliphatic carbocycles. The molecule has 0 saturated carbocycles. The van der Waals surface area contributed by atoms with Crippen LogP contribution in [0.3, 0.4) is 0 Å². The van der Waals surface area contributed by atoms with Crippen molar-refractivity contribution < 1.29 is 58.5 Å². The highest BCUT2D eigenvalue weighted by molar-refractivity contribution is 5.98. The number of guanidine groups is 2. The Labute approximate surface area is 481 Å². The lowest BCUT2D eigenvalue weighted by molar-refractivity contribution is -0.136. The highest BCUT2D eigenvalue weighted by Crippen LogP contribution is 2.14. The summed E-state index contributed by atoms with van der Waals surface area (Å²) in [4.78, 5) is 136. The van der Waals surface area contributed by atoms with Crippen LogP contribution < -0.4 is 70.8 Å². The fraction of sp³-hybridized carbons (Fsp3) is 0.736. The largest absolute Gasteiger partial charge is 0.394 e. The monoisotopic (exact) mass is 1160 g/mol. The number of aromatic nitrogens is 2. The minimum Gasteiger partial charge on any atom is -0.394 e. The molecule has 0 fully saturated rings. The average molecular weight is 1160 g/mol. The van der Waals surface area contributed by atoms with Crippen molar-refractivity contribution >= 4 is 65.1 Å². The van der Waals surface area contributed by atoms with Gasteiger partial charge in [0.15, 0.2) is 11.9 Å². The predicted octanol–water partition coefficient (Wildman–Crippen LogP) is -2.79. The molecule has 0 radical (unpaired) electrons. The van der Waals surface area contributed by atoms with Gasteiger partial charge in [0.1, 0.15) is 42.3 Å². The average Bonchev–Trinajstić information content (AvgIpc) is 4.01. The van der Waals surface area contributed by atoms with Crippen molar-refractivity contribution in [1.82, 2.24) is 57.8 Å². The van der Waals surface area contributed by atoms with Gasteiger partial charge in [-0.3, -0.25) is 53.1 Å². The van der Waals surface area contributed by atoms with Crippen LogP contribution in [0.2, 0.25) is 0 Å². The van der Waals surface area contributed by atoms with E-state index in [0.29, 0.717) is 12.1 Å². The Bertz CT molecular complexity index is 2140. The number of amides is 9. The van der Waals surface area contributed by atoms with Crippen LogP contribution in [0.25, 0.3) is 0 Å². The molecule has 21 N–H and O–H groups in total. The number of nitrogens with zero attached hydrogens (tertiary/aromatic N) is 3. The molecule has 9 amide bonds. The number of nitrogens with one attached hydrogen (secondary N) is 10. The van der Waals surface area contributed by atoms with Crippen LogP contribution in [0.4, 0.5) is 0 Å². The molecular weight excluding hydrogens is 1070 g/mol. The number of aliphatic hydroxyl groups excluding tert-OH is 3. The number of H-pyrrole nitrogens is 1. The van der Waals surface area contributed by atoms with E-state index in [2.05, 4.69) is 74.7 Å². The number of nitrogens with two attached hydrogens (primary N) is 4. The molecule has 0 aromatic carbocycles. The topological polar surface area (TPSA) is 480 Å². The quantitative estimate of drug-likeness (QED) is 0.0178. The molecule has 8 atom stereocenters. The first kappa shape index (κ1) is 72.9. The van der Waals surface area contributed by atoms with Crippen molar-refractivity contribution in [3.63, 3.8) is 0 Å². The number of likely N-dealkylation sites (N-methyl/N-ethyl adjacent to an activating group) is 1. The number of unbranched alkanes of at least 4 members (excludes halogenated alkanes) is 12. The molecule has 0 aliphatic rings. The summed E-state index contributed by atoms with van der Waals surface area (Å²) in [7, 11) is 1.28. The third kappa shape index (κ3) is 32.3. The molecule has 1 aromatic heterocycles. The maximum Gasteiger partial charge on any atom is 0.245 e. The van der Waals surface area contributed by atoms with Crippen LogP contribution >= 0.6 is 0 Å². The van der Waals surface area contributed by atoms with E-state index in [9.17, 15) is 58.5 Å². The van der Waals surface area contributed by atoms with E-state index in [0.717, 1.165) is 25.7 Å². The van der Waals surface area contributed by atoms with E-state index in [4.69, 9.17) is 22.9 Å². The van der Waals surface area contributed by atoms with Crippen molar-refractivity contribution in [2.45, 2.75) is 205 Å². The van der Waals surface area contributed by atoms with Gasteiger partial charge >= 0.3 is 0 Å². The van der Waals surface area contributed by atoms with Gasteiger partial charge in [-0.1, -0.05) is 97.8 Å². The highest BCUT2D eigenvalue weighted by Gasteiger charge is 2.35. The van der Waals surface area contributed by atoms with Crippen LogP contribution in [0.1, 0.15) is 155 Å². The standard InChI is InChI=1S/C53H97N17O12/c1-6-7-8-9-10-11-12-13-14-15-16-17-18-23-42(74)65-40(30-71)45(76)62-29-43(75)64-36(21-19-24-60-52(54)55)46(77)66-37(22-20-25-61-53(56)57)47(78)67-38(26-33(2)3)48(79)68-39(27-35-28-59-32-63-35)49(80)69-41(31-72)50(81)70-44(34(4)73)51(82)58-5/h28,32-34,36-41,44,71-73H,6-27,29-31H2,1-5H3,(H,58,82)(H,59,63)(H,62,76)(H,64,75)(H,65,74)(H,66,77)(H,67,78)(H,68,79)(H,69,80)(H,70,81)(H4,54,55,60)(H4,56,57,61)/t34-,36+,37+,38+,39+,40+,41+,44+/m1/s1. The first-order chi connectivity index (χ1) is 39.1. The Balaban J connectivity index is 3.22. The zero-order valence-corrected chi connectivity index (χ0v) is 48.7. The maximum atomic E-state index is 14.3. The van der Waals surface area contributed by atoms with Crippen molar-refractivity contribution in [3.8, 4) is 0 Å². The first-order valence-electron chi connectivity index (χ1n) is 28.6. The molecule has 466 valence electrons. The summed E-state index contributed by atoms with van der Waals surface area (Å²) in [5.41, 5.74) is 22.4. The first-order valence-corrected chi connectivity index (χ1v) is 28.6. The van der Waals surface area contributed by atoms with E-state index >= 15 is 0 Å². The Hall–Kier alpha value is -7.14. The zero-order chi connectivity index (χ0) is 61.4. The van der Waals surface area contributed by atoms with Gasteiger partial charge in [-0.05, 0) is 51.4 Å². The van der Waals surface area contributed by atoms with Crippen molar-refractivity contribution in [1.29, 1.82) is 0 Å². The van der Waals surface area contributed by atoms with Gasteiger partial charge < -0.3 is 91.1 Å². The van der Waals surface area contributed by atoms with Gasteiger partial charge in [0.05, 0.1) is 32.2 Å². The molecule has 0 unspecified atom stereocenters. The lowest BCUT2D eigenvalue weighted by Gasteiger charge is -2.28. The second kappa shape index (κ2) is 42.7. The van der Waals surface area contributed by atoms with Crippen molar-refractivity contribution in [2.75, 3.05) is 39.9 Å². The fourth-order valence-corrected chi connectivity index (χ4v) is 8.47. The lowest BCUT2D eigenvalue weighted by Crippen LogP contribution is -2.61. The minimum absolute atomic E-state index is 0.00201. The van der Waals surface area contributed by atoms with Crippen LogP contribution in [-0.2, 0) is 49.6 Å². The number of aliphatic hydroxyl groups is 3. The number of carbonyl (C=O) groups excluding carboxylic acids is 9. The third-order valence-electron chi connectivity index (χ3n) is 13.0. The highest BCUT2D eigenvalue weighted by atomic mass is 16.3. The summed E-state index contributed by atoms with van der Waals surface area (Å²) >= 11 is 0. The molecule has 0 saturated heterocycles. The number of rotatable bonds is 45. The summed E-state index contributed by atoms with van der Waals surface area (Å²) < 4.78 is 0. The van der Waals surface area contributed by atoms with Crippen LogP contribution in [0, 0.1) is 5.92 Å². The van der Waals surface area contributed by atoms with Gasteiger partial charge in [0.2, 0.25) is 53.2 Å². The molecule has 0 aliphatic heterocycles. The Morgan fingerprint density at radius 3 is 1.46 bits per heavy atom. The maximum absolute atomic E-state index is 14.3. The number of aliphatic imine (C=N–C) groups is 2. The molecular formula is C53H97N17O12. The Morgan fingerprint density at radius 1 is 0.549 bits per heavy atom. The smallest absolute Gasteiger partial charge is 0.245 e. The zero-order valence-electron chi connectivity index (χ0n) is 48.7. The molecule has 0 bridgehead atoms. The van der Waals surface area contributed by atoms with E-state index in [-0.39, 0.29) is 75.9 Å². The molecule has 0 spiro atoms.